The minimum absolute atomic E-state index is 0.287. The highest BCUT2D eigenvalue weighted by Gasteiger charge is 2.35. The van der Waals surface area contributed by atoms with Crippen molar-refractivity contribution >= 4 is 0 Å². The smallest absolute Gasteiger partial charge is 0.0522 e. The lowest BCUT2D eigenvalue weighted by Gasteiger charge is -2.48. The van der Waals surface area contributed by atoms with Gasteiger partial charge in [0.2, 0.25) is 0 Å². The predicted octanol–water partition coefficient (Wildman–Crippen LogP) is 2.45. The van der Waals surface area contributed by atoms with E-state index in [1.807, 2.05) is 17.9 Å². The Morgan fingerprint density at radius 1 is 1.48 bits per heavy atom. The quantitative estimate of drug-likeness (QED) is 0.874. The van der Waals surface area contributed by atoms with E-state index in [2.05, 4.69) is 49.2 Å². The summed E-state index contributed by atoms with van der Waals surface area (Å²) in [6, 6.07) is 0.638. The molecule has 1 aliphatic rings. The molecule has 1 N–H and O–H groups in total. The molecule has 1 aliphatic heterocycles. The molecule has 120 valence electrons. The highest BCUT2D eigenvalue weighted by Crippen LogP contribution is 2.25. The van der Waals surface area contributed by atoms with Crippen LogP contribution in [0.2, 0.25) is 0 Å². The third-order valence-corrected chi connectivity index (χ3v) is 4.92. The van der Waals surface area contributed by atoms with Crippen molar-refractivity contribution in [3.63, 3.8) is 0 Å². The van der Waals surface area contributed by atoms with E-state index in [1.165, 1.54) is 24.9 Å². The normalized spacial score (nSPS) is 27.4. The van der Waals surface area contributed by atoms with Crippen LogP contribution in [0, 0.1) is 5.92 Å². The summed E-state index contributed by atoms with van der Waals surface area (Å²) in [7, 11) is 1.99. The number of piperazine rings is 1. The first-order valence-corrected chi connectivity index (χ1v) is 8.39. The second-order valence-corrected chi connectivity index (χ2v) is 7.28. The summed E-state index contributed by atoms with van der Waals surface area (Å²) < 4.78 is 1.90. The number of nitrogens with zero attached hydrogens (tertiary/aromatic N) is 3. The zero-order chi connectivity index (χ0) is 15.5. The SMILES string of the molecule is CCC1(C)CNC(CC(C)C)CN1CCc1cnn(C)c1. The molecular formula is C17H32N4. The standard InChI is InChI=1S/C17H32N4/c1-6-17(4)13-18-16(9-14(2)3)12-21(17)8-7-15-10-19-20(5)11-15/h10-11,14,16,18H,6-9,12-13H2,1-5H3. The Balaban J connectivity index is 1.97. The first-order chi connectivity index (χ1) is 9.93. The van der Waals surface area contributed by atoms with Crippen molar-refractivity contribution in [1.29, 1.82) is 0 Å². The molecule has 0 amide bonds. The fraction of sp³-hybridized carbons (Fsp3) is 0.824. The van der Waals surface area contributed by atoms with Crippen molar-refractivity contribution in [2.24, 2.45) is 13.0 Å². The van der Waals surface area contributed by atoms with Gasteiger partial charge in [-0.05, 0) is 37.7 Å². The second-order valence-electron chi connectivity index (χ2n) is 7.28. The van der Waals surface area contributed by atoms with Gasteiger partial charge >= 0.3 is 0 Å². The molecule has 4 nitrogen and oxygen atoms in total. The molecule has 0 aliphatic carbocycles. The van der Waals surface area contributed by atoms with Gasteiger partial charge in [-0.3, -0.25) is 9.58 Å². The van der Waals surface area contributed by atoms with E-state index < -0.39 is 0 Å². The second kappa shape index (κ2) is 6.93. The lowest BCUT2D eigenvalue weighted by molar-refractivity contribution is 0.0454. The molecule has 1 aromatic rings. The molecule has 2 heterocycles. The van der Waals surface area contributed by atoms with Crippen molar-refractivity contribution < 1.29 is 0 Å². The number of nitrogens with one attached hydrogen (secondary N) is 1. The summed E-state index contributed by atoms with van der Waals surface area (Å²) in [5.41, 5.74) is 1.63. The molecule has 21 heavy (non-hydrogen) atoms. The molecule has 0 spiro atoms. The molecule has 2 rings (SSSR count). The van der Waals surface area contributed by atoms with Crippen molar-refractivity contribution in [3.8, 4) is 0 Å². The van der Waals surface area contributed by atoms with Gasteiger partial charge in [-0.15, -0.1) is 0 Å². The molecular weight excluding hydrogens is 260 g/mol. The molecule has 0 radical (unpaired) electrons. The molecule has 0 bridgehead atoms. The monoisotopic (exact) mass is 292 g/mol. The zero-order valence-electron chi connectivity index (χ0n) is 14.4. The molecule has 0 aromatic carbocycles. The summed E-state index contributed by atoms with van der Waals surface area (Å²) in [6.07, 6.45) is 7.69. The Morgan fingerprint density at radius 3 is 2.81 bits per heavy atom. The van der Waals surface area contributed by atoms with E-state index in [0.717, 1.165) is 25.4 Å². The van der Waals surface area contributed by atoms with Crippen LogP contribution in [0.1, 0.15) is 46.1 Å². The van der Waals surface area contributed by atoms with Gasteiger partial charge in [0.05, 0.1) is 6.20 Å². The molecule has 1 aromatic heterocycles. The molecule has 2 unspecified atom stereocenters. The largest absolute Gasteiger partial charge is 0.311 e. The van der Waals surface area contributed by atoms with Crippen LogP contribution < -0.4 is 5.32 Å². The highest BCUT2D eigenvalue weighted by molar-refractivity contribution is 5.05. The van der Waals surface area contributed by atoms with Gasteiger partial charge in [-0.1, -0.05) is 20.8 Å². The third-order valence-electron chi connectivity index (χ3n) is 4.92. The van der Waals surface area contributed by atoms with Crippen LogP contribution in [0.15, 0.2) is 12.4 Å². The number of aromatic nitrogens is 2. The number of hydrogen-bond donors (Lipinski definition) is 1. The van der Waals surface area contributed by atoms with E-state index in [1.54, 1.807) is 0 Å². The van der Waals surface area contributed by atoms with E-state index in [9.17, 15) is 0 Å². The van der Waals surface area contributed by atoms with Crippen molar-refractivity contribution in [3.05, 3.63) is 18.0 Å². The fourth-order valence-electron chi connectivity index (χ4n) is 3.33. The topological polar surface area (TPSA) is 33.1 Å². The summed E-state index contributed by atoms with van der Waals surface area (Å²) in [5.74, 6) is 0.758. The van der Waals surface area contributed by atoms with Crippen molar-refractivity contribution in [2.75, 3.05) is 19.6 Å². The maximum absolute atomic E-state index is 4.28. The third kappa shape index (κ3) is 4.30. The number of hydrogen-bond acceptors (Lipinski definition) is 3. The van der Waals surface area contributed by atoms with Crippen LogP contribution in [0.3, 0.4) is 0 Å². The van der Waals surface area contributed by atoms with Crippen LogP contribution in [0.25, 0.3) is 0 Å². The maximum Gasteiger partial charge on any atom is 0.0522 e. The Morgan fingerprint density at radius 2 is 2.24 bits per heavy atom. The molecule has 4 heteroatoms. The molecule has 0 saturated carbocycles. The van der Waals surface area contributed by atoms with E-state index in [0.29, 0.717) is 6.04 Å². The minimum Gasteiger partial charge on any atom is -0.311 e. The van der Waals surface area contributed by atoms with Crippen LogP contribution in [-0.2, 0) is 13.5 Å². The van der Waals surface area contributed by atoms with Gasteiger partial charge < -0.3 is 5.32 Å². The van der Waals surface area contributed by atoms with Gasteiger partial charge in [0.1, 0.15) is 0 Å². The van der Waals surface area contributed by atoms with E-state index in [4.69, 9.17) is 0 Å². The molecule has 2 atom stereocenters. The summed E-state index contributed by atoms with van der Waals surface area (Å²) >= 11 is 0. The van der Waals surface area contributed by atoms with Gasteiger partial charge in [-0.2, -0.15) is 5.10 Å². The van der Waals surface area contributed by atoms with Crippen molar-refractivity contribution in [1.82, 2.24) is 20.0 Å². The highest BCUT2D eigenvalue weighted by atomic mass is 15.3. The van der Waals surface area contributed by atoms with Crippen LogP contribution >= 0.6 is 0 Å². The Kier molecular flexibility index (Phi) is 5.44. The molecule has 1 fully saturated rings. The first-order valence-electron chi connectivity index (χ1n) is 8.39. The maximum atomic E-state index is 4.28. The average molecular weight is 292 g/mol. The van der Waals surface area contributed by atoms with Gasteiger partial charge in [-0.25, -0.2) is 0 Å². The van der Waals surface area contributed by atoms with Crippen LogP contribution in [-0.4, -0.2) is 45.9 Å². The summed E-state index contributed by atoms with van der Waals surface area (Å²) in [6.45, 7) is 12.7. The van der Waals surface area contributed by atoms with Crippen LogP contribution in [0.4, 0.5) is 0 Å². The average Bonchev–Trinajstić information content (AvgIpc) is 2.84. The first kappa shape index (κ1) is 16.5. The van der Waals surface area contributed by atoms with Crippen LogP contribution in [0.5, 0.6) is 0 Å². The Hall–Kier alpha value is -0.870. The van der Waals surface area contributed by atoms with E-state index in [-0.39, 0.29) is 5.54 Å². The zero-order valence-corrected chi connectivity index (χ0v) is 14.4. The predicted molar refractivity (Wildman–Crippen MR) is 88.4 cm³/mol. The van der Waals surface area contributed by atoms with Crippen molar-refractivity contribution in [2.45, 2.75) is 58.5 Å². The Bertz CT molecular complexity index is 440. The van der Waals surface area contributed by atoms with Gasteiger partial charge in [0.15, 0.2) is 0 Å². The lowest BCUT2D eigenvalue weighted by atomic mass is 9.89. The number of rotatable bonds is 6. The van der Waals surface area contributed by atoms with Gasteiger partial charge in [0.25, 0.3) is 0 Å². The Labute approximate surface area is 129 Å². The van der Waals surface area contributed by atoms with Gasteiger partial charge in [0, 0.05) is 44.5 Å². The minimum atomic E-state index is 0.287. The summed E-state index contributed by atoms with van der Waals surface area (Å²) in [4.78, 5) is 2.70. The molecule has 1 saturated heterocycles. The summed E-state index contributed by atoms with van der Waals surface area (Å²) in [5, 5.41) is 8.04. The fourth-order valence-corrected chi connectivity index (χ4v) is 3.33. The number of aryl methyl sites for hydroxylation is 1. The lowest BCUT2D eigenvalue weighted by Crippen LogP contribution is -2.63. The van der Waals surface area contributed by atoms with E-state index >= 15 is 0 Å².